The zero-order chi connectivity index (χ0) is 13.8. The van der Waals surface area contributed by atoms with Crippen molar-refractivity contribution >= 4 is 33.8 Å². The highest BCUT2D eigenvalue weighted by Gasteiger charge is 2.21. The molecule has 0 saturated heterocycles. The summed E-state index contributed by atoms with van der Waals surface area (Å²) in [5, 5.41) is 0. The summed E-state index contributed by atoms with van der Waals surface area (Å²) in [6.07, 6.45) is 2.70. The van der Waals surface area contributed by atoms with Crippen LogP contribution in [-0.4, -0.2) is 18.4 Å². The highest BCUT2D eigenvalue weighted by molar-refractivity contribution is 9.10. The van der Waals surface area contributed by atoms with Gasteiger partial charge in [-0.25, -0.2) is 4.79 Å². The van der Waals surface area contributed by atoms with Gasteiger partial charge in [0.2, 0.25) is 0 Å². The summed E-state index contributed by atoms with van der Waals surface area (Å²) in [6, 6.07) is 3.42. The first-order valence-corrected chi connectivity index (χ1v) is 6.22. The summed E-state index contributed by atoms with van der Waals surface area (Å²) in [5.74, 6) is -0.161. The minimum absolute atomic E-state index is 0.120. The minimum atomic E-state index is -0.569. The molecule has 18 heavy (non-hydrogen) atoms. The van der Waals surface area contributed by atoms with Crippen molar-refractivity contribution in [2.24, 2.45) is 5.41 Å². The van der Waals surface area contributed by atoms with Gasteiger partial charge < -0.3 is 9.15 Å². The van der Waals surface area contributed by atoms with E-state index in [9.17, 15) is 9.59 Å². The van der Waals surface area contributed by atoms with Crippen LogP contribution >= 0.6 is 15.9 Å². The number of halogens is 1. The number of ether oxygens (including phenoxy) is 1. The van der Waals surface area contributed by atoms with Gasteiger partial charge in [0.25, 0.3) is 0 Å². The van der Waals surface area contributed by atoms with E-state index in [-0.39, 0.29) is 12.4 Å². The number of ketones is 1. The maximum absolute atomic E-state index is 11.5. The Labute approximate surface area is 114 Å². The molecule has 0 spiro atoms. The molecule has 0 aliphatic carbocycles. The Bertz CT molecular complexity index is 466. The third-order valence-electron chi connectivity index (χ3n) is 2.16. The zero-order valence-electron chi connectivity index (χ0n) is 10.5. The molecule has 1 aromatic heterocycles. The molecule has 0 N–H and O–H groups in total. The molecule has 1 rings (SSSR count). The van der Waals surface area contributed by atoms with Gasteiger partial charge in [0.15, 0.2) is 17.1 Å². The Balaban J connectivity index is 2.43. The molecule has 0 bridgehead atoms. The van der Waals surface area contributed by atoms with Crippen molar-refractivity contribution in [2.45, 2.75) is 20.8 Å². The van der Waals surface area contributed by atoms with Gasteiger partial charge in [0, 0.05) is 11.5 Å². The third kappa shape index (κ3) is 4.87. The molecular weight excluding hydrogens is 300 g/mol. The zero-order valence-corrected chi connectivity index (χ0v) is 12.1. The maximum Gasteiger partial charge on any atom is 0.331 e. The van der Waals surface area contributed by atoms with E-state index >= 15 is 0 Å². The van der Waals surface area contributed by atoms with Gasteiger partial charge in [0.05, 0.1) is 0 Å². The Morgan fingerprint density at radius 2 is 2.06 bits per heavy atom. The Kier molecular flexibility index (Phi) is 4.90. The van der Waals surface area contributed by atoms with Crippen molar-refractivity contribution in [3.05, 3.63) is 28.6 Å². The summed E-state index contributed by atoms with van der Waals surface area (Å²) in [4.78, 5) is 22.9. The van der Waals surface area contributed by atoms with Gasteiger partial charge in [-0.2, -0.15) is 0 Å². The summed E-state index contributed by atoms with van der Waals surface area (Å²) < 4.78 is 10.6. The first-order chi connectivity index (χ1) is 8.29. The molecule has 0 saturated carbocycles. The van der Waals surface area contributed by atoms with Gasteiger partial charge >= 0.3 is 5.97 Å². The van der Waals surface area contributed by atoms with E-state index in [2.05, 4.69) is 15.9 Å². The topological polar surface area (TPSA) is 56.5 Å². The fourth-order valence-electron chi connectivity index (χ4n) is 0.969. The Morgan fingerprint density at radius 1 is 1.39 bits per heavy atom. The van der Waals surface area contributed by atoms with E-state index in [1.54, 1.807) is 32.9 Å². The van der Waals surface area contributed by atoms with Crippen LogP contribution in [0.3, 0.4) is 0 Å². The first-order valence-electron chi connectivity index (χ1n) is 5.42. The van der Waals surface area contributed by atoms with Crippen molar-refractivity contribution in [1.29, 1.82) is 0 Å². The van der Waals surface area contributed by atoms with Crippen molar-refractivity contribution in [3.8, 4) is 0 Å². The molecule has 1 heterocycles. The third-order valence-corrected chi connectivity index (χ3v) is 2.59. The molecule has 1 aromatic rings. The summed E-state index contributed by atoms with van der Waals surface area (Å²) in [5.41, 5.74) is -0.504. The number of furan rings is 1. The van der Waals surface area contributed by atoms with Crippen molar-refractivity contribution in [1.82, 2.24) is 0 Å². The van der Waals surface area contributed by atoms with Crippen molar-refractivity contribution in [3.63, 3.8) is 0 Å². The van der Waals surface area contributed by atoms with Gasteiger partial charge in [0.1, 0.15) is 5.76 Å². The minimum Gasteiger partial charge on any atom is -0.454 e. The highest BCUT2D eigenvalue weighted by Crippen LogP contribution is 2.16. The molecule has 98 valence electrons. The summed E-state index contributed by atoms with van der Waals surface area (Å²) in [7, 11) is 0. The van der Waals surface area contributed by atoms with Crippen LogP contribution < -0.4 is 0 Å². The molecule has 0 atom stereocenters. The van der Waals surface area contributed by atoms with Crippen LogP contribution in [-0.2, 0) is 14.3 Å². The lowest BCUT2D eigenvalue weighted by Gasteiger charge is -2.15. The molecule has 0 aromatic carbocycles. The number of hydrogen-bond donors (Lipinski definition) is 0. The van der Waals surface area contributed by atoms with E-state index in [0.29, 0.717) is 10.4 Å². The fraction of sp³-hybridized carbons (Fsp3) is 0.385. The van der Waals surface area contributed by atoms with Gasteiger partial charge in [-0.15, -0.1) is 0 Å². The quantitative estimate of drug-likeness (QED) is 0.632. The number of Topliss-reactive ketones (excluding diaryl/α,β-unsaturated/α-hetero) is 1. The standard InChI is InChI=1S/C13H15BrO4/c1-13(2,3)10(15)8-17-12(16)7-5-9-4-6-11(14)18-9/h4-7H,8H2,1-3H3. The summed E-state index contributed by atoms with van der Waals surface area (Å²) in [6.45, 7) is 5.12. The second kappa shape index (κ2) is 6.00. The lowest BCUT2D eigenvalue weighted by atomic mass is 9.91. The van der Waals surface area contributed by atoms with Crippen LogP contribution in [0.5, 0.6) is 0 Å². The first kappa shape index (κ1) is 14.7. The highest BCUT2D eigenvalue weighted by atomic mass is 79.9. The van der Waals surface area contributed by atoms with Crippen LogP contribution in [0, 0.1) is 5.41 Å². The van der Waals surface area contributed by atoms with Crippen LogP contribution in [0.1, 0.15) is 26.5 Å². The number of hydrogen-bond acceptors (Lipinski definition) is 4. The number of carbonyl (C=O) groups excluding carboxylic acids is 2. The lowest BCUT2D eigenvalue weighted by Crippen LogP contribution is -2.25. The monoisotopic (exact) mass is 314 g/mol. The average molecular weight is 315 g/mol. The number of esters is 1. The molecule has 0 aliphatic rings. The van der Waals surface area contributed by atoms with Crippen LogP contribution in [0.25, 0.3) is 6.08 Å². The molecule has 0 radical (unpaired) electrons. The molecule has 0 aliphatic heterocycles. The van der Waals surface area contributed by atoms with E-state index < -0.39 is 11.4 Å². The molecular formula is C13H15BrO4. The van der Waals surface area contributed by atoms with Crippen molar-refractivity contribution < 1.29 is 18.7 Å². The predicted molar refractivity (Wildman–Crippen MR) is 70.9 cm³/mol. The normalized spacial score (nSPS) is 11.8. The van der Waals surface area contributed by atoms with E-state index in [0.717, 1.165) is 0 Å². The molecule has 5 heteroatoms. The van der Waals surface area contributed by atoms with Gasteiger partial charge in [-0.3, -0.25) is 4.79 Å². The molecule has 0 fully saturated rings. The van der Waals surface area contributed by atoms with E-state index in [1.807, 2.05) is 0 Å². The second-order valence-corrected chi connectivity index (χ2v) is 5.54. The van der Waals surface area contributed by atoms with Crippen LogP contribution in [0.4, 0.5) is 0 Å². The predicted octanol–water partition coefficient (Wildman–Crippen LogP) is 3.21. The smallest absolute Gasteiger partial charge is 0.331 e. The maximum atomic E-state index is 11.5. The number of rotatable bonds is 4. The lowest BCUT2D eigenvalue weighted by molar-refractivity contribution is -0.145. The molecule has 0 unspecified atom stereocenters. The number of carbonyl (C=O) groups is 2. The van der Waals surface area contributed by atoms with E-state index in [4.69, 9.17) is 9.15 Å². The fourth-order valence-corrected chi connectivity index (χ4v) is 1.29. The SMILES string of the molecule is CC(C)(C)C(=O)COC(=O)C=Cc1ccc(Br)o1. The molecule has 0 amide bonds. The van der Waals surface area contributed by atoms with Gasteiger partial charge in [-0.1, -0.05) is 20.8 Å². The Hall–Kier alpha value is -1.36. The van der Waals surface area contributed by atoms with Crippen LogP contribution in [0.2, 0.25) is 0 Å². The largest absolute Gasteiger partial charge is 0.454 e. The van der Waals surface area contributed by atoms with Crippen LogP contribution in [0.15, 0.2) is 27.3 Å². The molecule has 4 nitrogen and oxygen atoms in total. The van der Waals surface area contributed by atoms with Crippen molar-refractivity contribution in [2.75, 3.05) is 6.61 Å². The average Bonchev–Trinajstić information content (AvgIpc) is 2.67. The second-order valence-electron chi connectivity index (χ2n) is 4.76. The van der Waals surface area contributed by atoms with Gasteiger partial charge in [-0.05, 0) is 34.1 Å². The Morgan fingerprint density at radius 3 is 2.56 bits per heavy atom. The summed E-state index contributed by atoms with van der Waals surface area (Å²) >= 11 is 3.15. The van der Waals surface area contributed by atoms with E-state index in [1.165, 1.54) is 12.2 Å².